The molecule has 2 atom stereocenters. The number of hydrogen-bond acceptors (Lipinski definition) is 3. The number of allylic oxidation sites excluding steroid dienone is 1. The van der Waals surface area contributed by atoms with Crippen LogP contribution in [-0.4, -0.2) is 30.7 Å². The van der Waals surface area contributed by atoms with E-state index in [9.17, 15) is 0 Å². The highest BCUT2D eigenvalue weighted by Gasteiger charge is 2.13. The van der Waals surface area contributed by atoms with Crippen LogP contribution in [0.5, 0.6) is 0 Å². The van der Waals surface area contributed by atoms with Gasteiger partial charge in [0.15, 0.2) is 6.29 Å². The van der Waals surface area contributed by atoms with Crippen molar-refractivity contribution in [2.24, 2.45) is 0 Å². The molecule has 0 amide bonds. The molecule has 1 rings (SSSR count). The zero-order chi connectivity index (χ0) is 14.5. The standard InChI is InChI=1S/C17H32O3/c1-16(18)12-8-6-4-2-3-5-7-10-14-19-17-13-9-11-15-20-17/h6,8,16-18H,2-5,7,9-15H2,1H3. The van der Waals surface area contributed by atoms with Crippen LogP contribution in [0.15, 0.2) is 12.2 Å². The highest BCUT2D eigenvalue weighted by atomic mass is 16.7. The molecule has 3 nitrogen and oxygen atoms in total. The van der Waals surface area contributed by atoms with E-state index in [0.717, 1.165) is 38.9 Å². The summed E-state index contributed by atoms with van der Waals surface area (Å²) in [5, 5.41) is 9.10. The van der Waals surface area contributed by atoms with Gasteiger partial charge in [0.1, 0.15) is 0 Å². The van der Waals surface area contributed by atoms with Crippen molar-refractivity contribution in [1.29, 1.82) is 0 Å². The molecule has 20 heavy (non-hydrogen) atoms. The molecule has 0 bridgehead atoms. The summed E-state index contributed by atoms with van der Waals surface area (Å²) < 4.78 is 11.2. The van der Waals surface area contributed by atoms with Gasteiger partial charge in [0.2, 0.25) is 0 Å². The molecule has 3 heteroatoms. The van der Waals surface area contributed by atoms with Crippen molar-refractivity contribution < 1.29 is 14.6 Å². The highest BCUT2D eigenvalue weighted by molar-refractivity contribution is 4.82. The van der Waals surface area contributed by atoms with Crippen molar-refractivity contribution in [2.75, 3.05) is 13.2 Å². The fraction of sp³-hybridized carbons (Fsp3) is 0.882. The predicted molar refractivity (Wildman–Crippen MR) is 82.7 cm³/mol. The monoisotopic (exact) mass is 284 g/mol. The molecule has 0 aliphatic carbocycles. The van der Waals surface area contributed by atoms with Crippen LogP contribution >= 0.6 is 0 Å². The van der Waals surface area contributed by atoms with Crippen molar-refractivity contribution in [3.63, 3.8) is 0 Å². The van der Waals surface area contributed by atoms with Gasteiger partial charge in [0.05, 0.1) is 6.10 Å². The van der Waals surface area contributed by atoms with E-state index >= 15 is 0 Å². The second-order valence-electron chi connectivity index (χ2n) is 5.78. The smallest absolute Gasteiger partial charge is 0.157 e. The molecule has 1 fully saturated rings. The summed E-state index contributed by atoms with van der Waals surface area (Å²) in [6, 6.07) is 0. The molecule has 0 aromatic rings. The summed E-state index contributed by atoms with van der Waals surface area (Å²) in [6.45, 7) is 3.54. The summed E-state index contributed by atoms with van der Waals surface area (Å²) >= 11 is 0. The second kappa shape index (κ2) is 12.4. The van der Waals surface area contributed by atoms with Crippen LogP contribution in [0.4, 0.5) is 0 Å². The fourth-order valence-corrected chi connectivity index (χ4v) is 2.36. The SMILES string of the molecule is CC(O)CC=CCCCCCCCOC1CCCCO1. The number of aliphatic hydroxyl groups excluding tert-OH is 1. The number of aliphatic hydroxyl groups is 1. The molecule has 1 N–H and O–H groups in total. The topological polar surface area (TPSA) is 38.7 Å². The molecule has 0 radical (unpaired) electrons. The van der Waals surface area contributed by atoms with Gasteiger partial charge < -0.3 is 14.6 Å². The lowest BCUT2D eigenvalue weighted by Gasteiger charge is -2.22. The Morgan fingerprint density at radius 1 is 1.15 bits per heavy atom. The average Bonchev–Trinajstić information content (AvgIpc) is 2.45. The third-order valence-corrected chi connectivity index (χ3v) is 3.60. The molecular formula is C17H32O3. The van der Waals surface area contributed by atoms with E-state index in [2.05, 4.69) is 12.2 Å². The maximum absolute atomic E-state index is 9.10. The minimum Gasteiger partial charge on any atom is -0.393 e. The summed E-state index contributed by atoms with van der Waals surface area (Å²) in [5.41, 5.74) is 0. The van der Waals surface area contributed by atoms with E-state index in [4.69, 9.17) is 14.6 Å². The van der Waals surface area contributed by atoms with Gasteiger partial charge in [-0.25, -0.2) is 0 Å². The Hall–Kier alpha value is -0.380. The Morgan fingerprint density at radius 3 is 2.70 bits per heavy atom. The van der Waals surface area contributed by atoms with Gasteiger partial charge in [-0.1, -0.05) is 31.4 Å². The molecule has 1 saturated heterocycles. The molecule has 1 heterocycles. The van der Waals surface area contributed by atoms with Crippen molar-refractivity contribution in [3.05, 3.63) is 12.2 Å². The van der Waals surface area contributed by atoms with Gasteiger partial charge in [-0.2, -0.15) is 0 Å². The molecule has 0 aromatic carbocycles. The normalized spacial score (nSPS) is 21.4. The molecule has 0 saturated carbocycles. The minimum atomic E-state index is -0.209. The first-order valence-corrected chi connectivity index (χ1v) is 8.35. The lowest BCUT2D eigenvalue weighted by molar-refractivity contribution is -0.162. The van der Waals surface area contributed by atoms with Crippen LogP contribution in [0.3, 0.4) is 0 Å². The van der Waals surface area contributed by atoms with E-state index < -0.39 is 0 Å². The van der Waals surface area contributed by atoms with E-state index in [0.29, 0.717) is 0 Å². The van der Waals surface area contributed by atoms with Crippen LogP contribution in [0.2, 0.25) is 0 Å². The van der Waals surface area contributed by atoms with Crippen LogP contribution in [0.1, 0.15) is 71.1 Å². The average molecular weight is 284 g/mol. The van der Waals surface area contributed by atoms with Gasteiger partial charge >= 0.3 is 0 Å². The first-order valence-electron chi connectivity index (χ1n) is 8.35. The Bertz CT molecular complexity index is 232. The van der Waals surface area contributed by atoms with Crippen LogP contribution in [-0.2, 0) is 9.47 Å². The van der Waals surface area contributed by atoms with Crippen LogP contribution < -0.4 is 0 Å². The summed E-state index contributed by atoms with van der Waals surface area (Å²) in [7, 11) is 0. The molecule has 2 unspecified atom stereocenters. The molecule has 118 valence electrons. The number of hydrogen-bond donors (Lipinski definition) is 1. The quantitative estimate of drug-likeness (QED) is 0.456. The summed E-state index contributed by atoms with van der Waals surface area (Å²) in [5.74, 6) is 0. The third-order valence-electron chi connectivity index (χ3n) is 3.60. The first-order chi connectivity index (χ1) is 9.79. The second-order valence-corrected chi connectivity index (χ2v) is 5.78. The Kier molecular flexibility index (Phi) is 10.9. The zero-order valence-corrected chi connectivity index (χ0v) is 13.1. The molecule has 1 aliphatic heterocycles. The molecule has 0 aromatic heterocycles. The molecule has 1 aliphatic rings. The lowest BCUT2D eigenvalue weighted by atomic mass is 10.1. The van der Waals surface area contributed by atoms with E-state index in [1.807, 2.05) is 6.92 Å². The highest BCUT2D eigenvalue weighted by Crippen LogP contribution is 2.14. The van der Waals surface area contributed by atoms with Gasteiger partial charge in [-0.05, 0) is 51.9 Å². The number of rotatable bonds is 11. The Morgan fingerprint density at radius 2 is 1.95 bits per heavy atom. The summed E-state index contributed by atoms with van der Waals surface area (Å²) in [4.78, 5) is 0. The number of unbranched alkanes of at least 4 members (excludes halogenated alkanes) is 5. The van der Waals surface area contributed by atoms with Gasteiger partial charge in [0.25, 0.3) is 0 Å². The van der Waals surface area contributed by atoms with E-state index in [1.54, 1.807) is 0 Å². The van der Waals surface area contributed by atoms with E-state index in [-0.39, 0.29) is 12.4 Å². The maximum atomic E-state index is 9.10. The zero-order valence-electron chi connectivity index (χ0n) is 13.1. The predicted octanol–water partition coefficient (Wildman–Crippen LogP) is 4.20. The van der Waals surface area contributed by atoms with Crippen molar-refractivity contribution in [3.8, 4) is 0 Å². The third kappa shape index (κ3) is 10.4. The van der Waals surface area contributed by atoms with Crippen LogP contribution in [0, 0.1) is 0 Å². The molecular weight excluding hydrogens is 252 g/mol. The molecule has 0 spiro atoms. The maximum Gasteiger partial charge on any atom is 0.157 e. The van der Waals surface area contributed by atoms with Gasteiger partial charge in [-0.15, -0.1) is 0 Å². The first kappa shape index (κ1) is 17.7. The van der Waals surface area contributed by atoms with Crippen LogP contribution in [0.25, 0.3) is 0 Å². The minimum absolute atomic E-state index is 0.0720. The van der Waals surface area contributed by atoms with Crippen molar-refractivity contribution in [1.82, 2.24) is 0 Å². The largest absolute Gasteiger partial charge is 0.393 e. The Labute approximate surface area is 124 Å². The van der Waals surface area contributed by atoms with Crippen molar-refractivity contribution in [2.45, 2.75) is 83.5 Å². The van der Waals surface area contributed by atoms with E-state index in [1.165, 1.54) is 38.5 Å². The fourth-order valence-electron chi connectivity index (χ4n) is 2.36. The van der Waals surface area contributed by atoms with Gasteiger partial charge in [-0.3, -0.25) is 0 Å². The lowest BCUT2D eigenvalue weighted by Crippen LogP contribution is -2.22. The van der Waals surface area contributed by atoms with Gasteiger partial charge in [0, 0.05) is 13.2 Å². The van der Waals surface area contributed by atoms with Crippen molar-refractivity contribution >= 4 is 0 Å². The number of ether oxygens (including phenoxy) is 2. The Balaban J connectivity index is 1.77. The summed E-state index contributed by atoms with van der Waals surface area (Å²) in [6.07, 6.45) is 15.8.